The van der Waals surface area contributed by atoms with Crippen molar-refractivity contribution in [1.29, 1.82) is 0 Å². The second-order valence-corrected chi connectivity index (χ2v) is 5.32. The third kappa shape index (κ3) is 21.8. The molecule has 0 unspecified atom stereocenters. The third-order valence-electron chi connectivity index (χ3n) is 2.67. The first kappa shape index (κ1) is 23.8. The first-order valence-electron chi connectivity index (χ1n) is 8.45. The fourth-order valence-electron chi connectivity index (χ4n) is 1.51. The van der Waals surface area contributed by atoms with Crippen LogP contribution in [-0.2, 0) is 33.2 Å². The molecular weight excluding hydrogens is 336 g/mol. The molecule has 0 fully saturated rings. The second-order valence-electron chi connectivity index (χ2n) is 4.82. The van der Waals surface area contributed by atoms with E-state index in [4.69, 9.17) is 28.4 Å². The summed E-state index contributed by atoms with van der Waals surface area (Å²) in [5.41, 5.74) is 0. The van der Waals surface area contributed by atoms with E-state index in [1.165, 1.54) is 0 Å². The molecule has 7 nitrogen and oxygen atoms in total. The predicted molar refractivity (Wildman–Crippen MR) is 93.8 cm³/mol. The molecule has 0 bridgehead atoms. The van der Waals surface area contributed by atoms with Crippen LogP contribution in [-0.4, -0.2) is 84.4 Å². The second kappa shape index (κ2) is 20.8. The summed E-state index contributed by atoms with van der Waals surface area (Å²) in [6.07, 6.45) is 1.35. The lowest BCUT2D eigenvalue weighted by Gasteiger charge is -2.08. The Kier molecular flexibility index (Phi) is 20.6. The van der Waals surface area contributed by atoms with E-state index in [1.54, 1.807) is 0 Å². The van der Waals surface area contributed by atoms with Gasteiger partial charge in [0.25, 0.3) is 0 Å². The Balaban J connectivity index is 2.97. The number of thiol groups is 1. The number of carbonyl (C=O) groups excluding carboxylic acids is 1. The van der Waals surface area contributed by atoms with Crippen LogP contribution in [0.4, 0.5) is 0 Å². The van der Waals surface area contributed by atoms with Gasteiger partial charge in [0.1, 0.15) is 0 Å². The molecule has 8 heteroatoms. The molecule has 0 atom stereocenters. The van der Waals surface area contributed by atoms with Crippen LogP contribution in [0.3, 0.4) is 0 Å². The quantitative estimate of drug-likeness (QED) is 0.257. The molecule has 0 aliphatic carbocycles. The molecule has 144 valence electrons. The summed E-state index contributed by atoms with van der Waals surface area (Å²) in [4.78, 5) is 10.5. The van der Waals surface area contributed by atoms with E-state index in [-0.39, 0.29) is 5.12 Å². The Morgan fingerprint density at radius 1 is 0.583 bits per heavy atom. The van der Waals surface area contributed by atoms with Crippen molar-refractivity contribution in [1.82, 2.24) is 0 Å². The summed E-state index contributed by atoms with van der Waals surface area (Å²) in [7, 11) is 0. The first-order valence-corrected chi connectivity index (χ1v) is 8.90. The highest BCUT2D eigenvalue weighted by Gasteiger charge is 1.95. The van der Waals surface area contributed by atoms with E-state index in [2.05, 4.69) is 19.6 Å². The van der Waals surface area contributed by atoms with Gasteiger partial charge in [0, 0.05) is 13.0 Å². The molecule has 0 aromatic rings. The number of hydrogen-bond donors (Lipinski definition) is 1. The zero-order chi connectivity index (χ0) is 17.7. The molecule has 0 aromatic carbocycles. The maximum absolute atomic E-state index is 10.5. The molecule has 0 aliphatic rings. The SMILES string of the molecule is CCCOCCOCCOCCOCCOCCOCCC(=O)S. The third-order valence-corrected chi connectivity index (χ3v) is 2.89. The van der Waals surface area contributed by atoms with E-state index >= 15 is 0 Å². The lowest BCUT2D eigenvalue weighted by atomic mass is 10.5. The van der Waals surface area contributed by atoms with Gasteiger partial charge < -0.3 is 28.4 Å². The van der Waals surface area contributed by atoms with Gasteiger partial charge in [-0.1, -0.05) is 6.92 Å². The highest BCUT2D eigenvalue weighted by Crippen LogP contribution is 1.89. The highest BCUT2D eigenvalue weighted by molar-refractivity contribution is 7.96. The van der Waals surface area contributed by atoms with E-state index in [0.717, 1.165) is 13.0 Å². The maximum Gasteiger partial charge on any atom is 0.188 e. The lowest BCUT2D eigenvalue weighted by Crippen LogP contribution is -2.14. The van der Waals surface area contributed by atoms with Gasteiger partial charge in [0.2, 0.25) is 0 Å². The zero-order valence-corrected chi connectivity index (χ0v) is 15.6. The van der Waals surface area contributed by atoms with Crippen LogP contribution in [0, 0.1) is 0 Å². The van der Waals surface area contributed by atoms with Gasteiger partial charge in [0.15, 0.2) is 5.12 Å². The summed E-state index contributed by atoms with van der Waals surface area (Å²) in [6, 6.07) is 0. The van der Waals surface area contributed by atoms with Crippen LogP contribution < -0.4 is 0 Å². The van der Waals surface area contributed by atoms with Crippen LogP contribution in [0.2, 0.25) is 0 Å². The van der Waals surface area contributed by atoms with Crippen LogP contribution in [0.25, 0.3) is 0 Å². The van der Waals surface area contributed by atoms with Gasteiger partial charge in [-0.25, -0.2) is 0 Å². The van der Waals surface area contributed by atoms with Crippen molar-refractivity contribution in [2.45, 2.75) is 19.8 Å². The summed E-state index contributed by atoms with van der Waals surface area (Å²) in [5, 5.41) is -0.168. The topological polar surface area (TPSA) is 72.5 Å². The molecule has 0 rings (SSSR count). The molecule has 0 N–H and O–H groups in total. The Hall–Kier alpha value is -0.220. The van der Waals surface area contributed by atoms with Gasteiger partial charge in [-0.2, -0.15) is 0 Å². The van der Waals surface area contributed by atoms with Crippen LogP contribution in [0.1, 0.15) is 19.8 Å². The Bertz CT molecular complexity index is 267. The molecular formula is C16H32O7S. The van der Waals surface area contributed by atoms with E-state index < -0.39 is 0 Å². The monoisotopic (exact) mass is 368 g/mol. The van der Waals surface area contributed by atoms with Crippen molar-refractivity contribution in [3.8, 4) is 0 Å². The van der Waals surface area contributed by atoms with E-state index in [0.29, 0.717) is 79.1 Å². The van der Waals surface area contributed by atoms with Gasteiger partial charge >= 0.3 is 0 Å². The molecule has 0 spiro atoms. The summed E-state index contributed by atoms with van der Waals surface area (Å²) in [5.74, 6) is 0. The standard InChI is InChI=1S/C16H32O7S/c1-2-4-18-6-8-20-10-12-22-14-15-23-13-11-21-9-7-19-5-3-16(17)24/h2-15H2,1H3,(H,17,24). The highest BCUT2D eigenvalue weighted by atomic mass is 32.1. The Labute approximate surface area is 150 Å². The maximum atomic E-state index is 10.5. The van der Waals surface area contributed by atoms with Gasteiger partial charge in [-0.05, 0) is 6.42 Å². The molecule has 0 amide bonds. The zero-order valence-electron chi connectivity index (χ0n) is 14.7. The minimum atomic E-state index is -0.168. The summed E-state index contributed by atoms with van der Waals surface area (Å²) >= 11 is 3.65. The van der Waals surface area contributed by atoms with Crippen molar-refractivity contribution in [3.05, 3.63) is 0 Å². The Morgan fingerprint density at radius 2 is 0.875 bits per heavy atom. The van der Waals surface area contributed by atoms with Crippen LogP contribution in [0.5, 0.6) is 0 Å². The average molecular weight is 368 g/mol. The van der Waals surface area contributed by atoms with Crippen molar-refractivity contribution in [2.24, 2.45) is 0 Å². The fraction of sp³-hybridized carbons (Fsp3) is 0.938. The normalized spacial score (nSPS) is 11.1. The molecule has 0 aliphatic heterocycles. The molecule has 0 radical (unpaired) electrons. The molecule has 0 saturated heterocycles. The predicted octanol–water partition coefficient (Wildman–Crippen LogP) is 1.34. The first-order chi connectivity index (χ1) is 11.8. The van der Waals surface area contributed by atoms with Crippen molar-refractivity contribution < 1.29 is 33.2 Å². The average Bonchev–Trinajstić information content (AvgIpc) is 2.56. The van der Waals surface area contributed by atoms with Gasteiger partial charge in [-0.15, -0.1) is 12.6 Å². The molecule has 0 saturated carbocycles. The molecule has 24 heavy (non-hydrogen) atoms. The number of ether oxygens (including phenoxy) is 6. The summed E-state index contributed by atoms with van der Waals surface area (Å²) < 4.78 is 31.9. The molecule has 0 aromatic heterocycles. The van der Waals surface area contributed by atoms with Crippen LogP contribution >= 0.6 is 12.6 Å². The van der Waals surface area contributed by atoms with Crippen molar-refractivity contribution >= 4 is 17.7 Å². The van der Waals surface area contributed by atoms with E-state index in [1.807, 2.05) is 0 Å². The number of carbonyl (C=O) groups is 1. The Morgan fingerprint density at radius 3 is 1.17 bits per heavy atom. The van der Waals surface area contributed by atoms with Gasteiger partial charge in [-0.3, -0.25) is 4.79 Å². The number of hydrogen-bond acceptors (Lipinski definition) is 7. The largest absolute Gasteiger partial charge is 0.379 e. The van der Waals surface area contributed by atoms with Crippen molar-refractivity contribution in [3.63, 3.8) is 0 Å². The van der Waals surface area contributed by atoms with Gasteiger partial charge in [0.05, 0.1) is 72.7 Å². The summed E-state index contributed by atoms with van der Waals surface area (Å²) in [6.45, 7) is 8.65. The van der Waals surface area contributed by atoms with E-state index in [9.17, 15) is 4.79 Å². The smallest absolute Gasteiger partial charge is 0.188 e. The minimum absolute atomic E-state index is 0.168. The lowest BCUT2D eigenvalue weighted by molar-refractivity contribution is -0.111. The fourth-order valence-corrected chi connectivity index (χ4v) is 1.60. The number of rotatable bonds is 20. The molecule has 0 heterocycles. The van der Waals surface area contributed by atoms with Crippen LogP contribution in [0.15, 0.2) is 0 Å². The minimum Gasteiger partial charge on any atom is -0.379 e. The van der Waals surface area contributed by atoms with Crippen molar-refractivity contribution in [2.75, 3.05) is 79.3 Å².